The van der Waals surface area contributed by atoms with Crippen LogP contribution >= 0.6 is 0 Å². The molecule has 0 amide bonds. The summed E-state index contributed by atoms with van der Waals surface area (Å²) in [6.07, 6.45) is 9.50. The van der Waals surface area contributed by atoms with Crippen molar-refractivity contribution in [2.75, 3.05) is 0 Å². The highest BCUT2D eigenvalue weighted by atomic mass is 14.7. The van der Waals surface area contributed by atoms with Crippen molar-refractivity contribution in [2.45, 2.75) is 64.8 Å². The Balaban J connectivity index is 2.13. The molecule has 1 fully saturated rings. The lowest BCUT2D eigenvalue weighted by molar-refractivity contribution is 0.367. The lowest BCUT2D eigenvalue weighted by Crippen LogP contribution is -2.25. The minimum Gasteiger partial charge on any atom is -0.327 e. The van der Waals surface area contributed by atoms with Gasteiger partial charge in [0.2, 0.25) is 0 Å². The molecular weight excluding hydrogens is 158 g/mol. The standard InChI is InChI=1S/C12H25N/c1-3-5-6-10(4-2)9-12(13)11-7-8-11/h10-12H,3-9,13H2,1-2H3. The highest BCUT2D eigenvalue weighted by Crippen LogP contribution is 2.35. The van der Waals surface area contributed by atoms with Crippen LogP contribution in [0.2, 0.25) is 0 Å². The van der Waals surface area contributed by atoms with Gasteiger partial charge in [-0.1, -0.05) is 39.5 Å². The molecule has 1 nitrogen and oxygen atoms in total. The van der Waals surface area contributed by atoms with Gasteiger partial charge in [-0.2, -0.15) is 0 Å². The quantitative estimate of drug-likeness (QED) is 0.643. The third kappa shape index (κ3) is 4.12. The van der Waals surface area contributed by atoms with E-state index in [0.29, 0.717) is 6.04 Å². The summed E-state index contributed by atoms with van der Waals surface area (Å²) in [6.45, 7) is 4.58. The molecule has 1 heteroatoms. The van der Waals surface area contributed by atoms with Crippen LogP contribution in [0.5, 0.6) is 0 Å². The Morgan fingerprint density at radius 2 is 2.00 bits per heavy atom. The van der Waals surface area contributed by atoms with Gasteiger partial charge in [0, 0.05) is 6.04 Å². The molecule has 1 saturated carbocycles. The van der Waals surface area contributed by atoms with Crippen molar-refractivity contribution >= 4 is 0 Å². The molecule has 2 atom stereocenters. The van der Waals surface area contributed by atoms with E-state index in [1.54, 1.807) is 0 Å². The van der Waals surface area contributed by atoms with E-state index in [1.807, 2.05) is 0 Å². The van der Waals surface area contributed by atoms with Crippen LogP contribution in [-0.4, -0.2) is 6.04 Å². The van der Waals surface area contributed by atoms with E-state index in [9.17, 15) is 0 Å². The fourth-order valence-corrected chi connectivity index (χ4v) is 2.08. The largest absolute Gasteiger partial charge is 0.327 e. The van der Waals surface area contributed by atoms with Gasteiger partial charge >= 0.3 is 0 Å². The fourth-order valence-electron chi connectivity index (χ4n) is 2.08. The molecule has 0 bridgehead atoms. The van der Waals surface area contributed by atoms with Crippen LogP contribution in [0.4, 0.5) is 0 Å². The van der Waals surface area contributed by atoms with Crippen LogP contribution in [0, 0.1) is 11.8 Å². The predicted octanol–water partition coefficient (Wildman–Crippen LogP) is 3.33. The van der Waals surface area contributed by atoms with Crippen molar-refractivity contribution in [1.82, 2.24) is 0 Å². The molecule has 2 unspecified atom stereocenters. The van der Waals surface area contributed by atoms with E-state index in [-0.39, 0.29) is 0 Å². The first-order chi connectivity index (χ1) is 6.27. The summed E-state index contributed by atoms with van der Waals surface area (Å²) >= 11 is 0. The third-order valence-corrected chi connectivity index (χ3v) is 3.38. The molecule has 2 N–H and O–H groups in total. The van der Waals surface area contributed by atoms with Gasteiger partial charge in [0.15, 0.2) is 0 Å². The van der Waals surface area contributed by atoms with E-state index in [2.05, 4.69) is 13.8 Å². The van der Waals surface area contributed by atoms with Crippen LogP contribution in [0.3, 0.4) is 0 Å². The lowest BCUT2D eigenvalue weighted by Gasteiger charge is -2.19. The van der Waals surface area contributed by atoms with Gasteiger partial charge in [-0.05, 0) is 31.1 Å². The molecule has 0 aromatic carbocycles. The van der Waals surface area contributed by atoms with E-state index in [1.165, 1.54) is 44.9 Å². The third-order valence-electron chi connectivity index (χ3n) is 3.38. The number of unbranched alkanes of at least 4 members (excludes halogenated alkanes) is 1. The Morgan fingerprint density at radius 3 is 2.46 bits per heavy atom. The lowest BCUT2D eigenvalue weighted by atomic mass is 9.91. The molecule has 1 rings (SSSR count). The van der Waals surface area contributed by atoms with E-state index in [4.69, 9.17) is 5.73 Å². The predicted molar refractivity (Wildman–Crippen MR) is 58.6 cm³/mol. The molecule has 0 aromatic heterocycles. The Hall–Kier alpha value is -0.0400. The van der Waals surface area contributed by atoms with Crippen LogP contribution in [0.25, 0.3) is 0 Å². The zero-order chi connectivity index (χ0) is 9.68. The Morgan fingerprint density at radius 1 is 1.31 bits per heavy atom. The SMILES string of the molecule is CCCCC(CC)CC(N)C1CC1. The van der Waals surface area contributed by atoms with Crippen LogP contribution in [0.1, 0.15) is 58.8 Å². The minimum atomic E-state index is 0.516. The van der Waals surface area contributed by atoms with E-state index in [0.717, 1.165) is 11.8 Å². The average Bonchev–Trinajstić information content (AvgIpc) is 2.94. The summed E-state index contributed by atoms with van der Waals surface area (Å²) in [5.41, 5.74) is 6.13. The summed E-state index contributed by atoms with van der Waals surface area (Å²) in [4.78, 5) is 0. The topological polar surface area (TPSA) is 26.0 Å². The highest BCUT2D eigenvalue weighted by molar-refractivity contribution is 4.85. The Kier molecular flexibility index (Phi) is 4.79. The van der Waals surface area contributed by atoms with Gasteiger partial charge in [-0.25, -0.2) is 0 Å². The summed E-state index contributed by atoms with van der Waals surface area (Å²) in [7, 11) is 0. The molecule has 0 saturated heterocycles. The van der Waals surface area contributed by atoms with E-state index < -0.39 is 0 Å². The number of rotatable bonds is 7. The molecule has 0 spiro atoms. The van der Waals surface area contributed by atoms with Crippen molar-refractivity contribution in [3.63, 3.8) is 0 Å². The van der Waals surface area contributed by atoms with Crippen LogP contribution in [0.15, 0.2) is 0 Å². The first kappa shape index (κ1) is 11.0. The van der Waals surface area contributed by atoms with E-state index >= 15 is 0 Å². The number of hydrogen-bond donors (Lipinski definition) is 1. The van der Waals surface area contributed by atoms with Crippen molar-refractivity contribution in [3.8, 4) is 0 Å². The van der Waals surface area contributed by atoms with Crippen molar-refractivity contribution in [3.05, 3.63) is 0 Å². The molecule has 0 aromatic rings. The van der Waals surface area contributed by atoms with Crippen LogP contribution in [-0.2, 0) is 0 Å². The Labute approximate surface area is 83.1 Å². The second kappa shape index (κ2) is 5.64. The molecule has 1 aliphatic carbocycles. The Bertz CT molecular complexity index is 129. The first-order valence-corrected chi connectivity index (χ1v) is 6.03. The van der Waals surface area contributed by atoms with Crippen molar-refractivity contribution in [2.24, 2.45) is 17.6 Å². The number of nitrogens with two attached hydrogens (primary N) is 1. The first-order valence-electron chi connectivity index (χ1n) is 6.03. The van der Waals surface area contributed by atoms with Gasteiger partial charge < -0.3 is 5.73 Å². The maximum absolute atomic E-state index is 6.13. The average molecular weight is 183 g/mol. The highest BCUT2D eigenvalue weighted by Gasteiger charge is 2.29. The smallest absolute Gasteiger partial charge is 0.00698 e. The minimum absolute atomic E-state index is 0.516. The molecule has 13 heavy (non-hydrogen) atoms. The van der Waals surface area contributed by atoms with Gasteiger partial charge in [0.05, 0.1) is 0 Å². The molecule has 78 valence electrons. The van der Waals surface area contributed by atoms with Gasteiger partial charge in [0.25, 0.3) is 0 Å². The summed E-state index contributed by atoms with van der Waals surface area (Å²) < 4.78 is 0. The van der Waals surface area contributed by atoms with Gasteiger partial charge in [-0.3, -0.25) is 0 Å². The summed E-state index contributed by atoms with van der Waals surface area (Å²) in [5, 5.41) is 0. The molecule has 1 aliphatic rings. The fraction of sp³-hybridized carbons (Fsp3) is 1.00. The van der Waals surface area contributed by atoms with Crippen molar-refractivity contribution < 1.29 is 0 Å². The second-order valence-electron chi connectivity index (χ2n) is 4.65. The summed E-state index contributed by atoms with van der Waals surface area (Å²) in [5.74, 6) is 1.78. The van der Waals surface area contributed by atoms with Crippen molar-refractivity contribution in [1.29, 1.82) is 0 Å². The summed E-state index contributed by atoms with van der Waals surface area (Å²) in [6, 6.07) is 0.516. The monoisotopic (exact) mass is 183 g/mol. The van der Waals surface area contributed by atoms with Gasteiger partial charge in [-0.15, -0.1) is 0 Å². The molecule has 0 aliphatic heterocycles. The maximum atomic E-state index is 6.13. The normalized spacial score (nSPS) is 21.5. The maximum Gasteiger partial charge on any atom is 0.00698 e. The zero-order valence-electron chi connectivity index (χ0n) is 9.26. The molecular formula is C12H25N. The number of hydrogen-bond acceptors (Lipinski definition) is 1. The zero-order valence-corrected chi connectivity index (χ0v) is 9.26. The van der Waals surface area contributed by atoms with Crippen LogP contribution < -0.4 is 5.73 Å². The van der Waals surface area contributed by atoms with Gasteiger partial charge in [0.1, 0.15) is 0 Å². The molecule has 0 radical (unpaired) electrons. The molecule has 0 heterocycles. The second-order valence-corrected chi connectivity index (χ2v) is 4.65.